The Balaban J connectivity index is 2.72. The third kappa shape index (κ3) is 3.62. The van der Waals surface area contributed by atoms with E-state index in [4.69, 9.17) is 27.8 Å². The van der Waals surface area contributed by atoms with Crippen molar-refractivity contribution in [1.82, 2.24) is 4.72 Å². The summed E-state index contributed by atoms with van der Waals surface area (Å²) in [6, 6.07) is 4.95. The first kappa shape index (κ1) is 10.9. The second kappa shape index (κ2) is 4.93. The first-order valence-corrected chi connectivity index (χ1v) is 5.24. The molecule has 0 amide bonds. The topological polar surface area (TPSA) is 49.3 Å². The Kier molecular flexibility index (Phi) is 4.15. The van der Waals surface area contributed by atoms with Gasteiger partial charge in [-0.05, 0) is 17.7 Å². The Morgan fingerprint density at radius 1 is 1.46 bits per heavy atom. The van der Waals surface area contributed by atoms with Gasteiger partial charge in [0.05, 0.1) is 0 Å². The van der Waals surface area contributed by atoms with E-state index in [-0.39, 0.29) is 6.54 Å². The van der Waals surface area contributed by atoms with E-state index in [1.54, 1.807) is 18.2 Å². The molecule has 0 radical (unpaired) electrons. The molecular formula is C7H7Cl2NO2S. The van der Waals surface area contributed by atoms with Crippen LogP contribution in [0.5, 0.6) is 0 Å². The van der Waals surface area contributed by atoms with Crippen molar-refractivity contribution in [2.24, 2.45) is 0 Å². The lowest BCUT2D eigenvalue weighted by Gasteiger charge is -2.03. The van der Waals surface area contributed by atoms with E-state index in [9.17, 15) is 4.21 Å². The molecule has 1 aromatic rings. The standard InChI is InChI=1S/C7H7Cl2NO2S/c8-6-2-1-5(7(9)3-6)4-10-13(11)12/h1-3,10H,4H2,(H,11,12). The summed E-state index contributed by atoms with van der Waals surface area (Å²) < 4.78 is 21.1. The number of benzene rings is 1. The molecule has 3 nitrogen and oxygen atoms in total. The van der Waals surface area contributed by atoms with Gasteiger partial charge >= 0.3 is 0 Å². The van der Waals surface area contributed by atoms with Gasteiger partial charge in [0.15, 0.2) is 0 Å². The minimum absolute atomic E-state index is 0.235. The second-order valence-corrected chi connectivity index (χ2v) is 3.94. The van der Waals surface area contributed by atoms with Gasteiger partial charge in [0.1, 0.15) is 0 Å². The summed E-state index contributed by atoms with van der Waals surface area (Å²) in [7, 11) is 0. The van der Waals surface area contributed by atoms with Gasteiger partial charge in [0.25, 0.3) is 0 Å². The van der Waals surface area contributed by atoms with Crippen LogP contribution in [0.4, 0.5) is 0 Å². The molecule has 0 aliphatic rings. The average Bonchev–Trinajstić information content (AvgIpc) is 2.02. The number of hydrogen-bond donors (Lipinski definition) is 2. The maximum absolute atomic E-state index is 10.3. The first-order valence-electron chi connectivity index (χ1n) is 3.38. The van der Waals surface area contributed by atoms with E-state index < -0.39 is 11.3 Å². The van der Waals surface area contributed by atoms with Gasteiger partial charge in [0.2, 0.25) is 11.3 Å². The van der Waals surface area contributed by atoms with Crippen molar-refractivity contribution < 1.29 is 8.76 Å². The molecule has 0 saturated heterocycles. The minimum Gasteiger partial charge on any atom is -0.294 e. The van der Waals surface area contributed by atoms with Gasteiger partial charge < -0.3 is 0 Å². The van der Waals surface area contributed by atoms with Crippen LogP contribution in [-0.2, 0) is 17.8 Å². The molecule has 0 spiro atoms. The molecule has 1 atom stereocenters. The number of hydrogen-bond acceptors (Lipinski definition) is 1. The smallest absolute Gasteiger partial charge is 0.232 e. The van der Waals surface area contributed by atoms with Crippen LogP contribution in [0.2, 0.25) is 10.0 Å². The van der Waals surface area contributed by atoms with Crippen molar-refractivity contribution in [3.8, 4) is 0 Å². The maximum Gasteiger partial charge on any atom is 0.232 e. The fourth-order valence-electron chi connectivity index (χ4n) is 0.805. The normalized spacial score (nSPS) is 12.8. The molecule has 0 bridgehead atoms. The van der Waals surface area contributed by atoms with Crippen LogP contribution in [0.3, 0.4) is 0 Å². The fraction of sp³-hybridized carbons (Fsp3) is 0.143. The van der Waals surface area contributed by atoms with Gasteiger partial charge in [-0.15, -0.1) is 0 Å². The van der Waals surface area contributed by atoms with Gasteiger partial charge in [-0.3, -0.25) is 4.55 Å². The molecule has 0 aromatic heterocycles. The van der Waals surface area contributed by atoms with E-state index in [0.29, 0.717) is 10.0 Å². The van der Waals surface area contributed by atoms with Crippen molar-refractivity contribution in [1.29, 1.82) is 0 Å². The average molecular weight is 240 g/mol. The van der Waals surface area contributed by atoms with Crippen LogP contribution >= 0.6 is 23.2 Å². The fourth-order valence-corrected chi connectivity index (χ4v) is 1.56. The third-order valence-electron chi connectivity index (χ3n) is 1.40. The predicted octanol–water partition coefficient (Wildman–Crippen LogP) is 2.22. The lowest BCUT2D eigenvalue weighted by atomic mass is 10.2. The number of halogens is 2. The van der Waals surface area contributed by atoms with Crippen molar-refractivity contribution in [3.63, 3.8) is 0 Å². The molecule has 1 rings (SSSR count). The summed E-state index contributed by atoms with van der Waals surface area (Å²) >= 11 is 9.45. The molecular weight excluding hydrogens is 233 g/mol. The maximum atomic E-state index is 10.3. The zero-order valence-corrected chi connectivity index (χ0v) is 8.79. The van der Waals surface area contributed by atoms with Crippen LogP contribution in [0, 0.1) is 0 Å². The zero-order chi connectivity index (χ0) is 9.84. The highest BCUT2D eigenvalue weighted by Gasteiger charge is 2.01. The highest BCUT2D eigenvalue weighted by molar-refractivity contribution is 7.77. The predicted molar refractivity (Wildman–Crippen MR) is 54.1 cm³/mol. The molecule has 72 valence electrons. The summed E-state index contributed by atoms with van der Waals surface area (Å²) in [6.45, 7) is 0.235. The van der Waals surface area contributed by atoms with Gasteiger partial charge in [-0.1, -0.05) is 29.3 Å². The Morgan fingerprint density at radius 3 is 2.69 bits per heavy atom. The van der Waals surface area contributed by atoms with Gasteiger partial charge in [0, 0.05) is 16.6 Å². The van der Waals surface area contributed by atoms with Gasteiger partial charge in [-0.2, -0.15) is 0 Å². The number of nitrogens with one attached hydrogen (secondary N) is 1. The molecule has 6 heteroatoms. The molecule has 0 heterocycles. The minimum atomic E-state index is -2.02. The van der Waals surface area contributed by atoms with Crippen molar-refractivity contribution in [2.75, 3.05) is 0 Å². The highest BCUT2D eigenvalue weighted by Crippen LogP contribution is 2.20. The molecule has 1 unspecified atom stereocenters. The van der Waals surface area contributed by atoms with E-state index in [1.165, 1.54) is 0 Å². The highest BCUT2D eigenvalue weighted by atomic mass is 35.5. The van der Waals surface area contributed by atoms with Crippen LogP contribution in [-0.4, -0.2) is 8.76 Å². The van der Waals surface area contributed by atoms with E-state index >= 15 is 0 Å². The Labute approximate surface area is 88.5 Å². The van der Waals surface area contributed by atoms with E-state index in [2.05, 4.69) is 4.72 Å². The third-order valence-corrected chi connectivity index (χ3v) is 2.38. The summed E-state index contributed by atoms with van der Waals surface area (Å²) in [5.74, 6) is 0. The first-order chi connectivity index (χ1) is 6.09. The lowest BCUT2D eigenvalue weighted by molar-refractivity contribution is 0.548. The summed E-state index contributed by atoms with van der Waals surface area (Å²) in [5, 5.41) is 1.02. The Hall–Kier alpha value is -0.130. The van der Waals surface area contributed by atoms with Crippen LogP contribution in [0.25, 0.3) is 0 Å². The molecule has 13 heavy (non-hydrogen) atoms. The zero-order valence-electron chi connectivity index (χ0n) is 6.46. The van der Waals surface area contributed by atoms with Crippen molar-refractivity contribution in [3.05, 3.63) is 33.8 Å². The van der Waals surface area contributed by atoms with Gasteiger partial charge in [-0.25, -0.2) is 8.93 Å². The molecule has 0 fully saturated rings. The quantitative estimate of drug-likeness (QED) is 0.796. The molecule has 1 aromatic carbocycles. The monoisotopic (exact) mass is 239 g/mol. The summed E-state index contributed by atoms with van der Waals surface area (Å²) in [6.07, 6.45) is 0. The lowest BCUT2D eigenvalue weighted by Crippen LogP contribution is -2.15. The van der Waals surface area contributed by atoms with E-state index in [1.807, 2.05) is 0 Å². The Morgan fingerprint density at radius 2 is 2.15 bits per heavy atom. The Bertz CT molecular complexity index is 332. The SMILES string of the molecule is O=S(O)NCc1ccc(Cl)cc1Cl. The summed E-state index contributed by atoms with van der Waals surface area (Å²) in [5.41, 5.74) is 0.730. The number of rotatable bonds is 3. The largest absolute Gasteiger partial charge is 0.294 e. The molecule has 0 aliphatic heterocycles. The second-order valence-electron chi connectivity index (χ2n) is 2.31. The molecule has 0 saturated carbocycles. The van der Waals surface area contributed by atoms with Crippen molar-refractivity contribution in [2.45, 2.75) is 6.54 Å². The van der Waals surface area contributed by atoms with Crippen LogP contribution in [0.1, 0.15) is 5.56 Å². The van der Waals surface area contributed by atoms with E-state index in [0.717, 1.165) is 5.56 Å². The molecule has 2 N–H and O–H groups in total. The van der Waals surface area contributed by atoms with Crippen molar-refractivity contribution >= 4 is 34.5 Å². The van der Waals surface area contributed by atoms with Crippen LogP contribution in [0.15, 0.2) is 18.2 Å². The van der Waals surface area contributed by atoms with Crippen LogP contribution < -0.4 is 4.72 Å². The molecule has 0 aliphatic carbocycles. The summed E-state index contributed by atoms with van der Waals surface area (Å²) in [4.78, 5) is 0.